The summed E-state index contributed by atoms with van der Waals surface area (Å²) in [6.07, 6.45) is 1.42. The van der Waals surface area contributed by atoms with Crippen molar-refractivity contribution in [2.75, 3.05) is 20.2 Å². The van der Waals surface area contributed by atoms with Crippen LogP contribution in [0.3, 0.4) is 0 Å². The third kappa shape index (κ3) is 4.20. The second-order valence-corrected chi connectivity index (χ2v) is 8.78. The molecule has 7 heteroatoms. The molecule has 2 heterocycles. The van der Waals surface area contributed by atoms with E-state index in [1.54, 1.807) is 12.0 Å². The van der Waals surface area contributed by atoms with Crippen molar-refractivity contribution in [2.45, 2.75) is 45.2 Å². The number of urea groups is 1. The Labute approximate surface area is 188 Å². The van der Waals surface area contributed by atoms with Gasteiger partial charge >= 0.3 is 6.03 Å². The zero-order valence-electron chi connectivity index (χ0n) is 18.8. The van der Waals surface area contributed by atoms with Crippen molar-refractivity contribution in [1.82, 2.24) is 15.1 Å². The molecule has 4 rings (SSSR count). The molecule has 2 saturated heterocycles. The lowest BCUT2D eigenvalue weighted by Gasteiger charge is -2.38. The van der Waals surface area contributed by atoms with Crippen molar-refractivity contribution in [1.29, 1.82) is 0 Å². The van der Waals surface area contributed by atoms with Gasteiger partial charge in [-0.15, -0.1) is 0 Å². The van der Waals surface area contributed by atoms with Crippen molar-refractivity contribution in [3.63, 3.8) is 0 Å². The summed E-state index contributed by atoms with van der Waals surface area (Å²) in [6.45, 7) is 4.97. The lowest BCUT2D eigenvalue weighted by molar-refractivity contribution is -0.138. The van der Waals surface area contributed by atoms with E-state index in [1.165, 1.54) is 4.90 Å². The maximum absolute atomic E-state index is 13.4. The number of imide groups is 1. The topological polar surface area (TPSA) is 79.0 Å². The minimum Gasteiger partial charge on any atom is -0.497 e. The predicted octanol–water partition coefficient (Wildman–Crippen LogP) is 2.97. The van der Waals surface area contributed by atoms with E-state index >= 15 is 0 Å². The summed E-state index contributed by atoms with van der Waals surface area (Å²) in [5, 5.41) is 2.91. The van der Waals surface area contributed by atoms with Crippen LogP contribution in [0.15, 0.2) is 42.5 Å². The van der Waals surface area contributed by atoms with Gasteiger partial charge in [0.15, 0.2) is 0 Å². The van der Waals surface area contributed by atoms with Crippen LogP contribution < -0.4 is 10.1 Å². The molecule has 0 unspecified atom stereocenters. The summed E-state index contributed by atoms with van der Waals surface area (Å²) in [7, 11) is 1.59. The van der Waals surface area contributed by atoms with E-state index in [1.807, 2.05) is 56.3 Å². The summed E-state index contributed by atoms with van der Waals surface area (Å²) in [5.74, 6) is 0.389. The van der Waals surface area contributed by atoms with E-state index in [2.05, 4.69) is 5.32 Å². The molecule has 2 aliphatic heterocycles. The second-order valence-electron chi connectivity index (χ2n) is 8.78. The molecule has 32 heavy (non-hydrogen) atoms. The molecule has 2 aromatic carbocycles. The Morgan fingerprint density at radius 2 is 1.97 bits per heavy atom. The van der Waals surface area contributed by atoms with Gasteiger partial charge in [-0.25, -0.2) is 4.79 Å². The third-order valence-corrected chi connectivity index (χ3v) is 6.41. The SMILES string of the molecule is COc1cccc(CC(=O)N2CCC[C@]3(C2)NC(=O)N(Cc2cc(C)ccc2C)C3=O)c1. The Morgan fingerprint density at radius 3 is 2.75 bits per heavy atom. The molecule has 2 fully saturated rings. The normalized spacial score (nSPS) is 20.6. The highest BCUT2D eigenvalue weighted by Gasteiger charge is 2.53. The molecule has 7 nitrogen and oxygen atoms in total. The number of hydrogen-bond donors (Lipinski definition) is 1. The van der Waals surface area contributed by atoms with Crippen molar-refractivity contribution in [3.8, 4) is 5.75 Å². The minimum atomic E-state index is -1.04. The molecule has 1 atom stereocenters. The number of rotatable bonds is 5. The van der Waals surface area contributed by atoms with E-state index in [9.17, 15) is 14.4 Å². The van der Waals surface area contributed by atoms with Gasteiger partial charge in [0, 0.05) is 6.54 Å². The summed E-state index contributed by atoms with van der Waals surface area (Å²) >= 11 is 0. The number of amides is 4. The van der Waals surface area contributed by atoms with Crippen LogP contribution in [-0.4, -0.2) is 53.4 Å². The maximum Gasteiger partial charge on any atom is 0.325 e. The first-order valence-electron chi connectivity index (χ1n) is 10.9. The molecule has 0 bridgehead atoms. The largest absolute Gasteiger partial charge is 0.497 e. The smallest absolute Gasteiger partial charge is 0.325 e. The van der Waals surface area contributed by atoms with Crippen molar-refractivity contribution >= 4 is 17.8 Å². The molecule has 0 aliphatic carbocycles. The average molecular weight is 436 g/mol. The quantitative estimate of drug-likeness (QED) is 0.733. The van der Waals surface area contributed by atoms with Gasteiger partial charge in [0.1, 0.15) is 11.3 Å². The molecule has 2 aliphatic rings. The first-order chi connectivity index (χ1) is 15.3. The number of benzene rings is 2. The fourth-order valence-corrected chi connectivity index (χ4v) is 4.57. The van der Waals surface area contributed by atoms with E-state index in [-0.39, 0.29) is 31.3 Å². The number of aryl methyl sites for hydroxylation is 2. The first kappa shape index (κ1) is 21.9. The molecule has 0 saturated carbocycles. The van der Waals surface area contributed by atoms with Gasteiger partial charge in [-0.3, -0.25) is 14.5 Å². The highest BCUT2D eigenvalue weighted by Crippen LogP contribution is 2.30. The van der Waals surface area contributed by atoms with Gasteiger partial charge in [-0.2, -0.15) is 0 Å². The molecule has 1 N–H and O–H groups in total. The number of carbonyl (C=O) groups is 3. The van der Waals surface area contributed by atoms with Gasteiger partial charge in [0.2, 0.25) is 5.91 Å². The van der Waals surface area contributed by atoms with Gasteiger partial charge in [-0.05, 0) is 55.5 Å². The van der Waals surface area contributed by atoms with Gasteiger partial charge in [0.25, 0.3) is 5.91 Å². The summed E-state index contributed by atoms with van der Waals surface area (Å²) < 4.78 is 5.24. The van der Waals surface area contributed by atoms with Crippen LogP contribution in [0.25, 0.3) is 0 Å². The van der Waals surface area contributed by atoms with Gasteiger partial charge < -0.3 is 15.0 Å². The molecule has 2 aromatic rings. The zero-order chi connectivity index (χ0) is 22.9. The van der Waals surface area contributed by atoms with Crippen LogP contribution >= 0.6 is 0 Å². The van der Waals surface area contributed by atoms with Crippen molar-refractivity contribution in [3.05, 3.63) is 64.7 Å². The summed E-state index contributed by atoms with van der Waals surface area (Å²) in [6, 6.07) is 13.0. The standard InChI is InChI=1S/C25H29N3O4/c1-17-8-9-18(2)20(12-17)15-28-23(30)25(26-24(28)31)10-5-11-27(16-25)22(29)14-19-6-4-7-21(13-19)32-3/h4,6-9,12-13H,5,10-11,14-16H2,1-3H3,(H,26,31)/t25-/m1/s1. The highest BCUT2D eigenvalue weighted by molar-refractivity contribution is 6.07. The number of nitrogens with zero attached hydrogens (tertiary/aromatic N) is 2. The molecule has 1 spiro atoms. The van der Waals surface area contributed by atoms with Crippen LogP contribution in [0, 0.1) is 13.8 Å². The fraction of sp³-hybridized carbons (Fsp3) is 0.400. The Morgan fingerprint density at radius 1 is 1.16 bits per heavy atom. The number of nitrogens with one attached hydrogen (secondary N) is 1. The van der Waals surface area contributed by atoms with Crippen molar-refractivity contribution < 1.29 is 19.1 Å². The monoisotopic (exact) mass is 435 g/mol. The molecule has 0 aromatic heterocycles. The summed E-state index contributed by atoms with van der Waals surface area (Å²) in [5.41, 5.74) is 2.88. The zero-order valence-corrected chi connectivity index (χ0v) is 18.8. The lowest BCUT2D eigenvalue weighted by Crippen LogP contribution is -2.59. The predicted molar refractivity (Wildman–Crippen MR) is 120 cm³/mol. The third-order valence-electron chi connectivity index (χ3n) is 6.41. The number of piperidine rings is 1. The fourth-order valence-electron chi connectivity index (χ4n) is 4.57. The average Bonchev–Trinajstić information content (AvgIpc) is 3.00. The number of carbonyl (C=O) groups excluding carboxylic acids is 3. The van der Waals surface area contributed by atoms with Crippen LogP contribution in [0.4, 0.5) is 4.79 Å². The highest BCUT2D eigenvalue weighted by atomic mass is 16.5. The number of ether oxygens (including phenoxy) is 1. The minimum absolute atomic E-state index is 0.0626. The molecular formula is C25H29N3O4. The van der Waals surface area contributed by atoms with Crippen LogP contribution in [0.2, 0.25) is 0 Å². The second kappa shape index (κ2) is 8.65. The van der Waals surface area contributed by atoms with E-state index < -0.39 is 11.6 Å². The number of hydrogen-bond acceptors (Lipinski definition) is 4. The molecular weight excluding hydrogens is 406 g/mol. The number of likely N-dealkylation sites (tertiary alicyclic amines) is 1. The molecule has 0 radical (unpaired) electrons. The Bertz CT molecular complexity index is 1070. The van der Waals surface area contributed by atoms with Crippen molar-refractivity contribution in [2.24, 2.45) is 0 Å². The molecule has 4 amide bonds. The number of methoxy groups -OCH3 is 1. The van der Waals surface area contributed by atoms with Crippen LogP contribution in [0.5, 0.6) is 5.75 Å². The van der Waals surface area contributed by atoms with Gasteiger partial charge in [-0.1, -0.05) is 35.9 Å². The molecule has 168 valence electrons. The van der Waals surface area contributed by atoms with E-state index in [0.29, 0.717) is 25.1 Å². The van der Waals surface area contributed by atoms with E-state index in [4.69, 9.17) is 4.74 Å². The lowest BCUT2D eigenvalue weighted by atomic mass is 9.88. The Balaban J connectivity index is 1.48. The van der Waals surface area contributed by atoms with Crippen LogP contribution in [-0.2, 0) is 22.6 Å². The Hall–Kier alpha value is -3.35. The van der Waals surface area contributed by atoms with E-state index in [0.717, 1.165) is 22.3 Å². The maximum atomic E-state index is 13.4. The first-order valence-corrected chi connectivity index (χ1v) is 10.9. The van der Waals surface area contributed by atoms with Crippen LogP contribution in [0.1, 0.15) is 35.1 Å². The summed E-state index contributed by atoms with van der Waals surface area (Å²) in [4.78, 5) is 42.1. The van der Waals surface area contributed by atoms with Gasteiger partial charge in [0.05, 0.1) is 26.6 Å². The Kier molecular flexibility index (Phi) is 5.91.